The fraction of sp³-hybridized carbons (Fsp3) is 0.269. The van der Waals surface area contributed by atoms with Gasteiger partial charge in [-0.25, -0.2) is 0 Å². The normalized spacial score (nSPS) is 15.4. The molecule has 0 saturated heterocycles. The van der Waals surface area contributed by atoms with Crippen LogP contribution in [0.4, 0.5) is 0 Å². The first kappa shape index (κ1) is 19.3. The van der Waals surface area contributed by atoms with Crippen molar-refractivity contribution >= 4 is 5.97 Å². The van der Waals surface area contributed by atoms with Crippen LogP contribution in [0.15, 0.2) is 72.8 Å². The quantitative estimate of drug-likeness (QED) is 0.517. The van der Waals surface area contributed by atoms with E-state index in [-0.39, 0.29) is 5.97 Å². The molecule has 0 saturated carbocycles. The van der Waals surface area contributed by atoms with Crippen LogP contribution in [0.5, 0.6) is 5.75 Å². The summed E-state index contributed by atoms with van der Waals surface area (Å²) in [5, 5.41) is 0. The van der Waals surface area contributed by atoms with Gasteiger partial charge in [0.05, 0.1) is 7.11 Å². The molecule has 0 fully saturated rings. The topological polar surface area (TPSA) is 35.5 Å². The van der Waals surface area contributed by atoms with Crippen LogP contribution in [0.2, 0.25) is 0 Å². The number of carbonyl (C=O) groups is 1. The third-order valence-corrected chi connectivity index (χ3v) is 5.66. The van der Waals surface area contributed by atoms with Crippen molar-refractivity contribution in [3.8, 4) is 16.9 Å². The summed E-state index contributed by atoms with van der Waals surface area (Å²) in [5.41, 5.74) is 6.25. The summed E-state index contributed by atoms with van der Waals surface area (Å²) in [4.78, 5) is 11.5. The molecule has 0 aliphatic heterocycles. The zero-order valence-electron chi connectivity index (χ0n) is 16.8. The van der Waals surface area contributed by atoms with Crippen LogP contribution in [0.3, 0.4) is 0 Å². The first-order valence-electron chi connectivity index (χ1n) is 10.2. The Morgan fingerprint density at radius 3 is 2.45 bits per heavy atom. The van der Waals surface area contributed by atoms with Crippen LogP contribution in [0, 0.1) is 5.92 Å². The van der Waals surface area contributed by atoms with Gasteiger partial charge in [0, 0.05) is 6.42 Å². The molecule has 4 rings (SSSR count). The molecule has 0 amide bonds. The van der Waals surface area contributed by atoms with Gasteiger partial charge in [-0.2, -0.15) is 0 Å². The van der Waals surface area contributed by atoms with Crippen molar-refractivity contribution in [3.05, 3.63) is 89.5 Å². The van der Waals surface area contributed by atoms with Crippen LogP contribution in [0.1, 0.15) is 29.5 Å². The number of carbonyl (C=O) groups excluding carboxylic acids is 1. The fourth-order valence-corrected chi connectivity index (χ4v) is 3.98. The lowest BCUT2D eigenvalue weighted by molar-refractivity contribution is -0.141. The Morgan fingerprint density at radius 2 is 1.69 bits per heavy atom. The Balaban J connectivity index is 1.36. The SMILES string of the molecule is COC(=O)CC1CCc2cc(OCc3ccc(-c4ccccc4)cc3)ccc2C1. The fourth-order valence-electron chi connectivity index (χ4n) is 3.98. The van der Waals surface area contributed by atoms with Crippen LogP contribution in [-0.4, -0.2) is 13.1 Å². The molecule has 29 heavy (non-hydrogen) atoms. The van der Waals surface area contributed by atoms with E-state index in [1.165, 1.54) is 29.4 Å². The maximum Gasteiger partial charge on any atom is 0.305 e. The van der Waals surface area contributed by atoms with E-state index in [9.17, 15) is 4.79 Å². The molecule has 1 unspecified atom stereocenters. The highest BCUT2D eigenvalue weighted by molar-refractivity contribution is 5.69. The first-order chi connectivity index (χ1) is 14.2. The van der Waals surface area contributed by atoms with E-state index in [0.29, 0.717) is 18.9 Å². The van der Waals surface area contributed by atoms with E-state index < -0.39 is 0 Å². The van der Waals surface area contributed by atoms with E-state index in [0.717, 1.165) is 30.6 Å². The van der Waals surface area contributed by atoms with Gasteiger partial charge in [0.25, 0.3) is 0 Å². The van der Waals surface area contributed by atoms with Crippen LogP contribution in [-0.2, 0) is 29.0 Å². The van der Waals surface area contributed by atoms with Crippen molar-refractivity contribution in [1.82, 2.24) is 0 Å². The third kappa shape index (κ3) is 4.86. The number of methoxy groups -OCH3 is 1. The number of ether oxygens (including phenoxy) is 2. The number of rotatable bonds is 6. The summed E-state index contributed by atoms with van der Waals surface area (Å²) in [6.07, 6.45) is 3.45. The molecule has 0 N–H and O–H groups in total. The van der Waals surface area contributed by atoms with Crippen LogP contribution >= 0.6 is 0 Å². The molecule has 3 aromatic rings. The molecule has 3 nitrogen and oxygen atoms in total. The Labute approximate surface area is 172 Å². The van der Waals surface area contributed by atoms with Gasteiger partial charge in [0.15, 0.2) is 0 Å². The second-order valence-corrected chi connectivity index (χ2v) is 7.67. The Kier molecular flexibility index (Phi) is 5.95. The Bertz CT molecular complexity index is 961. The minimum Gasteiger partial charge on any atom is -0.489 e. The molecule has 3 heteroatoms. The summed E-state index contributed by atoms with van der Waals surface area (Å²) in [5.74, 6) is 1.17. The standard InChI is InChI=1S/C26H26O3/c1-28-26(27)16-20-9-12-24-17-25(14-13-23(24)15-20)29-18-19-7-10-22(11-8-19)21-5-3-2-4-6-21/h2-8,10-11,13-14,17,20H,9,12,15-16,18H2,1H3. The van der Waals surface area contributed by atoms with E-state index in [1.54, 1.807) is 0 Å². The summed E-state index contributed by atoms with van der Waals surface area (Å²) in [6, 6.07) is 25.2. The molecule has 1 atom stereocenters. The maximum absolute atomic E-state index is 11.5. The van der Waals surface area contributed by atoms with Gasteiger partial charge in [-0.05, 0) is 65.1 Å². The lowest BCUT2D eigenvalue weighted by atomic mass is 9.82. The molecule has 0 heterocycles. The zero-order valence-corrected chi connectivity index (χ0v) is 16.8. The molecule has 0 bridgehead atoms. The van der Waals surface area contributed by atoms with Gasteiger partial charge in [0.2, 0.25) is 0 Å². The highest BCUT2D eigenvalue weighted by Crippen LogP contribution is 2.30. The molecule has 1 aliphatic carbocycles. The predicted octanol–water partition coefficient (Wildman–Crippen LogP) is 5.60. The van der Waals surface area contributed by atoms with Gasteiger partial charge in [-0.15, -0.1) is 0 Å². The molecule has 3 aromatic carbocycles. The van der Waals surface area contributed by atoms with E-state index >= 15 is 0 Å². The maximum atomic E-state index is 11.5. The highest BCUT2D eigenvalue weighted by Gasteiger charge is 2.21. The zero-order chi connectivity index (χ0) is 20.1. The van der Waals surface area contributed by atoms with Gasteiger partial charge in [0.1, 0.15) is 12.4 Å². The summed E-state index contributed by atoms with van der Waals surface area (Å²) < 4.78 is 10.8. The minimum atomic E-state index is -0.114. The van der Waals surface area contributed by atoms with Gasteiger partial charge >= 0.3 is 5.97 Å². The van der Waals surface area contributed by atoms with Crippen molar-refractivity contribution in [2.75, 3.05) is 7.11 Å². The average Bonchev–Trinajstić information content (AvgIpc) is 2.78. The molecule has 0 spiro atoms. The molecular weight excluding hydrogens is 360 g/mol. The lowest BCUT2D eigenvalue weighted by Gasteiger charge is -2.24. The molecule has 148 valence electrons. The van der Waals surface area contributed by atoms with Crippen molar-refractivity contribution in [2.24, 2.45) is 5.92 Å². The number of aryl methyl sites for hydroxylation is 1. The molecule has 0 aromatic heterocycles. The van der Waals surface area contributed by atoms with E-state index in [2.05, 4.69) is 60.7 Å². The monoisotopic (exact) mass is 386 g/mol. The van der Waals surface area contributed by atoms with Crippen molar-refractivity contribution in [1.29, 1.82) is 0 Å². The Morgan fingerprint density at radius 1 is 0.931 bits per heavy atom. The first-order valence-corrected chi connectivity index (χ1v) is 10.2. The van der Waals surface area contributed by atoms with Gasteiger partial charge in [-0.3, -0.25) is 4.79 Å². The largest absolute Gasteiger partial charge is 0.489 e. The van der Waals surface area contributed by atoms with Gasteiger partial charge < -0.3 is 9.47 Å². The number of hydrogen-bond acceptors (Lipinski definition) is 3. The number of benzene rings is 3. The summed E-state index contributed by atoms with van der Waals surface area (Å²) >= 11 is 0. The Hall–Kier alpha value is -3.07. The molecule has 0 radical (unpaired) electrons. The number of esters is 1. The molecular formula is C26H26O3. The van der Waals surface area contributed by atoms with E-state index in [1.807, 2.05) is 12.1 Å². The van der Waals surface area contributed by atoms with Gasteiger partial charge in [-0.1, -0.05) is 60.7 Å². The van der Waals surface area contributed by atoms with Crippen molar-refractivity contribution < 1.29 is 14.3 Å². The van der Waals surface area contributed by atoms with Crippen LogP contribution < -0.4 is 4.74 Å². The smallest absolute Gasteiger partial charge is 0.305 e. The van der Waals surface area contributed by atoms with Crippen LogP contribution in [0.25, 0.3) is 11.1 Å². The predicted molar refractivity (Wildman–Crippen MR) is 115 cm³/mol. The minimum absolute atomic E-state index is 0.114. The number of fused-ring (bicyclic) bond motifs is 1. The number of hydrogen-bond donors (Lipinski definition) is 0. The third-order valence-electron chi connectivity index (χ3n) is 5.66. The second kappa shape index (κ2) is 8.95. The second-order valence-electron chi connectivity index (χ2n) is 7.67. The summed E-state index contributed by atoms with van der Waals surface area (Å²) in [6.45, 7) is 0.554. The van der Waals surface area contributed by atoms with Crippen molar-refractivity contribution in [2.45, 2.75) is 32.3 Å². The van der Waals surface area contributed by atoms with E-state index in [4.69, 9.17) is 9.47 Å². The highest BCUT2D eigenvalue weighted by atomic mass is 16.5. The average molecular weight is 386 g/mol. The summed E-state index contributed by atoms with van der Waals surface area (Å²) in [7, 11) is 1.46. The molecule has 1 aliphatic rings. The lowest BCUT2D eigenvalue weighted by Crippen LogP contribution is -2.18. The van der Waals surface area contributed by atoms with Crippen molar-refractivity contribution in [3.63, 3.8) is 0 Å².